The lowest BCUT2D eigenvalue weighted by atomic mass is 9.87. The predicted octanol–water partition coefficient (Wildman–Crippen LogP) is 3.43. The van der Waals surface area contributed by atoms with Crippen LogP contribution in [0.5, 0.6) is 5.75 Å². The third-order valence-corrected chi connectivity index (χ3v) is 6.28. The number of ether oxygens (including phenoxy) is 2. The first-order chi connectivity index (χ1) is 17.3. The summed E-state index contributed by atoms with van der Waals surface area (Å²) in [6.07, 6.45) is 2.29. The number of aromatic nitrogens is 4. The summed E-state index contributed by atoms with van der Waals surface area (Å²) in [5.41, 5.74) is 1.43. The molecule has 1 atom stereocenters. The molecule has 1 aliphatic rings. The van der Waals surface area contributed by atoms with Crippen molar-refractivity contribution in [1.29, 1.82) is 0 Å². The predicted molar refractivity (Wildman–Crippen MR) is 128 cm³/mol. The van der Waals surface area contributed by atoms with Crippen LogP contribution in [0.15, 0.2) is 41.1 Å². The first kappa shape index (κ1) is 23.9. The molecule has 188 valence electrons. The summed E-state index contributed by atoms with van der Waals surface area (Å²) >= 11 is 0. The summed E-state index contributed by atoms with van der Waals surface area (Å²) in [7, 11) is 1.54. The Morgan fingerprint density at radius 3 is 2.81 bits per heavy atom. The first-order valence-electron chi connectivity index (χ1n) is 11.5. The summed E-state index contributed by atoms with van der Waals surface area (Å²) in [6.45, 7) is 4.55. The molecular formula is C25H26FN5O5. The topological polar surface area (TPSA) is 127 Å². The quantitative estimate of drug-likeness (QED) is 0.356. The van der Waals surface area contributed by atoms with Gasteiger partial charge in [-0.15, -0.1) is 0 Å². The van der Waals surface area contributed by atoms with Crippen LogP contribution < -0.4 is 4.74 Å². The number of fused-ring (bicyclic) bond motifs is 1. The lowest BCUT2D eigenvalue weighted by Crippen LogP contribution is -2.60. The minimum Gasteiger partial charge on any atom is -0.488 e. The number of hydrogen-bond acceptors (Lipinski definition) is 8. The van der Waals surface area contributed by atoms with Crippen LogP contribution in [0.2, 0.25) is 0 Å². The highest BCUT2D eigenvalue weighted by atomic mass is 19.1. The van der Waals surface area contributed by atoms with Crippen LogP contribution in [0.25, 0.3) is 33.6 Å². The molecular weight excluding hydrogens is 469 g/mol. The van der Waals surface area contributed by atoms with Gasteiger partial charge in [0.1, 0.15) is 23.7 Å². The summed E-state index contributed by atoms with van der Waals surface area (Å²) < 4.78 is 30.4. The molecule has 0 saturated carbocycles. The van der Waals surface area contributed by atoms with Gasteiger partial charge >= 0.3 is 0 Å². The monoisotopic (exact) mass is 495 g/mol. The van der Waals surface area contributed by atoms with Crippen LogP contribution in [0.1, 0.15) is 30.8 Å². The van der Waals surface area contributed by atoms with E-state index in [0.29, 0.717) is 46.8 Å². The van der Waals surface area contributed by atoms with E-state index in [9.17, 15) is 14.3 Å². The Bertz CT molecular complexity index is 1390. The van der Waals surface area contributed by atoms with Gasteiger partial charge in [-0.1, -0.05) is 5.16 Å². The van der Waals surface area contributed by atoms with Gasteiger partial charge < -0.3 is 24.0 Å². The minimum absolute atomic E-state index is 0.0980. The fourth-order valence-electron chi connectivity index (χ4n) is 4.26. The van der Waals surface area contributed by atoms with Gasteiger partial charge in [-0.05, 0) is 38.5 Å². The van der Waals surface area contributed by atoms with Gasteiger partial charge in [0.05, 0.1) is 23.8 Å². The van der Waals surface area contributed by atoms with E-state index < -0.39 is 11.4 Å². The molecule has 1 aliphatic heterocycles. The van der Waals surface area contributed by atoms with Crippen LogP contribution in [0.4, 0.5) is 4.39 Å². The van der Waals surface area contributed by atoms with Crippen molar-refractivity contribution in [3.05, 3.63) is 48.0 Å². The maximum Gasteiger partial charge on any atom is 0.272 e. The van der Waals surface area contributed by atoms with E-state index in [-0.39, 0.29) is 30.0 Å². The maximum absolute atomic E-state index is 14.6. The number of H-pyrrole nitrogens is 1. The number of likely N-dealkylation sites (tertiary alicyclic amines) is 1. The molecule has 1 aromatic carbocycles. The highest BCUT2D eigenvalue weighted by Crippen LogP contribution is 2.33. The standard InChI is InChI=1S/C25H26FN5O5/c1-25(2,33)22-6-7-31(22)24(32)17-5-4-14(13-27-17)18-11-21(36-30-18)23-15-10-16(26)20(35-9-8-34-3)12-19(15)28-29-23/h4-5,10-13,22,33H,6-9H2,1-3H3,(H,28,29)/t22-/m1/s1. The lowest BCUT2D eigenvalue weighted by Gasteiger charge is -2.47. The smallest absolute Gasteiger partial charge is 0.272 e. The second-order valence-corrected chi connectivity index (χ2v) is 9.21. The molecule has 4 heterocycles. The number of aromatic amines is 1. The number of aliphatic hydroxyl groups is 1. The zero-order valence-corrected chi connectivity index (χ0v) is 20.1. The normalized spacial score (nSPS) is 15.8. The Morgan fingerprint density at radius 1 is 1.31 bits per heavy atom. The van der Waals surface area contributed by atoms with E-state index >= 15 is 0 Å². The summed E-state index contributed by atoms with van der Waals surface area (Å²) in [6, 6.07) is 7.66. The van der Waals surface area contributed by atoms with E-state index in [1.54, 1.807) is 50.3 Å². The SMILES string of the molecule is COCCOc1cc2[nH]nc(-c3cc(-c4ccc(C(=O)N5CC[C@@H]5C(C)(C)O)nc4)no3)c2cc1F. The van der Waals surface area contributed by atoms with Crippen molar-refractivity contribution in [2.24, 2.45) is 0 Å². The molecule has 1 fully saturated rings. The van der Waals surface area contributed by atoms with E-state index in [2.05, 4.69) is 20.3 Å². The van der Waals surface area contributed by atoms with Crippen LogP contribution in [0, 0.1) is 5.82 Å². The molecule has 0 radical (unpaired) electrons. The van der Waals surface area contributed by atoms with E-state index in [1.807, 2.05) is 0 Å². The van der Waals surface area contributed by atoms with Crippen molar-refractivity contribution < 1.29 is 28.3 Å². The number of methoxy groups -OCH3 is 1. The highest BCUT2D eigenvalue weighted by molar-refractivity contribution is 5.94. The number of nitrogens with zero attached hydrogens (tertiary/aromatic N) is 4. The van der Waals surface area contributed by atoms with Gasteiger partial charge in [-0.25, -0.2) is 4.39 Å². The molecule has 2 N–H and O–H groups in total. The minimum atomic E-state index is -0.969. The molecule has 10 nitrogen and oxygen atoms in total. The number of halogens is 1. The molecule has 11 heteroatoms. The molecule has 0 bridgehead atoms. The Balaban J connectivity index is 1.34. The molecule has 0 aliphatic carbocycles. The third kappa shape index (κ3) is 4.42. The zero-order chi connectivity index (χ0) is 25.4. The fourth-order valence-corrected chi connectivity index (χ4v) is 4.26. The van der Waals surface area contributed by atoms with Crippen LogP contribution in [-0.4, -0.2) is 74.8 Å². The molecule has 1 saturated heterocycles. The van der Waals surface area contributed by atoms with Crippen molar-refractivity contribution in [2.45, 2.75) is 31.9 Å². The molecule has 4 aromatic rings. The van der Waals surface area contributed by atoms with Crippen molar-refractivity contribution >= 4 is 16.8 Å². The summed E-state index contributed by atoms with van der Waals surface area (Å²) in [5, 5.41) is 22.0. The zero-order valence-electron chi connectivity index (χ0n) is 20.1. The van der Waals surface area contributed by atoms with Gasteiger partial charge in [-0.3, -0.25) is 14.9 Å². The fraction of sp³-hybridized carbons (Fsp3) is 0.360. The van der Waals surface area contributed by atoms with Crippen molar-refractivity contribution in [3.8, 4) is 28.5 Å². The first-order valence-corrected chi connectivity index (χ1v) is 11.5. The highest BCUT2D eigenvalue weighted by Gasteiger charge is 2.42. The van der Waals surface area contributed by atoms with Crippen molar-refractivity contribution in [2.75, 3.05) is 26.9 Å². The average Bonchev–Trinajstić information content (AvgIpc) is 3.44. The summed E-state index contributed by atoms with van der Waals surface area (Å²) in [4.78, 5) is 18.7. The number of amides is 1. The Kier molecular flexibility index (Phi) is 6.19. The van der Waals surface area contributed by atoms with E-state index in [1.165, 1.54) is 12.1 Å². The molecule has 5 rings (SSSR count). The van der Waals surface area contributed by atoms with Crippen molar-refractivity contribution in [3.63, 3.8) is 0 Å². The largest absolute Gasteiger partial charge is 0.488 e. The number of pyridine rings is 1. The average molecular weight is 496 g/mol. The lowest BCUT2D eigenvalue weighted by molar-refractivity contribution is -0.0552. The molecule has 1 amide bonds. The number of carbonyl (C=O) groups is 1. The number of hydrogen-bond donors (Lipinski definition) is 2. The van der Waals surface area contributed by atoms with Gasteiger partial charge in [0, 0.05) is 42.9 Å². The number of rotatable bonds is 8. The number of carbonyl (C=O) groups excluding carboxylic acids is 1. The van der Waals surface area contributed by atoms with Gasteiger partial charge in [-0.2, -0.15) is 5.10 Å². The third-order valence-electron chi connectivity index (χ3n) is 6.28. The number of benzene rings is 1. The van der Waals surface area contributed by atoms with Crippen LogP contribution >= 0.6 is 0 Å². The summed E-state index contributed by atoms with van der Waals surface area (Å²) in [5.74, 6) is -0.311. The molecule has 36 heavy (non-hydrogen) atoms. The van der Waals surface area contributed by atoms with Gasteiger partial charge in [0.2, 0.25) is 0 Å². The van der Waals surface area contributed by atoms with E-state index in [0.717, 1.165) is 6.42 Å². The Hall–Kier alpha value is -3.83. The Morgan fingerprint density at radius 2 is 2.14 bits per heavy atom. The molecule has 0 spiro atoms. The van der Waals surface area contributed by atoms with Crippen LogP contribution in [0.3, 0.4) is 0 Å². The molecule has 0 unspecified atom stereocenters. The maximum atomic E-state index is 14.6. The van der Waals surface area contributed by atoms with Gasteiger partial charge in [0.25, 0.3) is 5.91 Å². The van der Waals surface area contributed by atoms with Gasteiger partial charge in [0.15, 0.2) is 17.3 Å². The Labute approximate surface area is 206 Å². The second kappa shape index (κ2) is 9.32. The van der Waals surface area contributed by atoms with E-state index in [4.69, 9.17) is 14.0 Å². The van der Waals surface area contributed by atoms with Crippen molar-refractivity contribution in [1.82, 2.24) is 25.2 Å². The van der Waals surface area contributed by atoms with Crippen LogP contribution in [-0.2, 0) is 4.74 Å². The number of nitrogens with one attached hydrogen (secondary N) is 1. The second-order valence-electron chi connectivity index (χ2n) is 9.21. The molecule has 3 aromatic heterocycles.